The molecule has 130 valence electrons. The molecule has 9 heteroatoms. The minimum atomic E-state index is -0.407. The average Bonchev–Trinajstić information content (AvgIpc) is 3.17. The fourth-order valence-corrected chi connectivity index (χ4v) is 3.22. The minimum Gasteiger partial charge on any atom is -0.340 e. The number of nitrogens with zero attached hydrogens (tertiary/aromatic N) is 4. The maximum absolute atomic E-state index is 11.6. The molecule has 26 heavy (non-hydrogen) atoms. The first-order valence-electron chi connectivity index (χ1n) is 7.81. The Bertz CT molecular complexity index is 1010. The summed E-state index contributed by atoms with van der Waals surface area (Å²) in [4.78, 5) is 41.6. The van der Waals surface area contributed by atoms with E-state index in [1.807, 2.05) is 36.2 Å². The Balaban J connectivity index is 1.54. The Morgan fingerprint density at radius 2 is 2.04 bits per heavy atom. The zero-order valence-corrected chi connectivity index (χ0v) is 14.6. The number of imidazole rings is 1. The van der Waals surface area contributed by atoms with Crippen LogP contribution in [0.3, 0.4) is 0 Å². The molecular weight excluding hydrogens is 352 g/mol. The van der Waals surface area contributed by atoms with Gasteiger partial charge in [0.2, 0.25) is 5.95 Å². The summed E-state index contributed by atoms with van der Waals surface area (Å²) >= 11 is 0.860. The molecule has 3 aromatic rings. The van der Waals surface area contributed by atoms with Crippen LogP contribution in [-0.2, 0) is 11.3 Å². The van der Waals surface area contributed by atoms with Crippen LogP contribution in [0.2, 0.25) is 0 Å². The highest BCUT2D eigenvalue weighted by Crippen LogP contribution is 2.25. The molecule has 2 amide bonds. The van der Waals surface area contributed by atoms with Crippen molar-refractivity contribution in [2.45, 2.75) is 6.54 Å². The number of carbonyl (C=O) groups is 2. The van der Waals surface area contributed by atoms with Crippen LogP contribution in [0.4, 0.5) is 10.7 Å². The van der Waals surface area contributed by atoms with E-state index in [0.29, 0.717) is 23.1 Å². The number of benzene rings is 1. The van der Waals surface area contributed by atoms with Crippen molar-refractivity contribution in [3.05, 3.63) is 53.0 Å². The molecule has 1 saturated heterocycles. The molecular formula is C17H14N6O2S. The van der Waals surface area contributed by atoms with Gasteiger partial charge in [-0.1, -0.05) is 12.1 Å². The summed E-state index contributed by atoms with van der Waals surface area (Å²) in [6.45, 7) is 0.502. The van der Waals surface area contributed by atoms with Crippen molar-refractivity contribution in [1.82, 2.24) is 25.3 Å². The van der Waals surface area contributed by atoms with E-state index >= 15 is 0 Å². The third kappa shape index (κ3) is 3.29. The van der Waals surface area contributed by atoms with Gasteiger partial charge in [-0.3, -0.25) is 14.9 Å². The number of anilines is 1. The number of fused-ring (bicyclic) bond motifs is 1. The number of hydrogen-bond donors (Lipinski definition) is 2. The molecule has 1 aliphatic heterocycles. The highest BCUT2D eigenvalue weighted by molar-refractivity contribution is 8.18. The number of H-pyrrole nitrogens is 1. The molecule has 3 heterocycles. The normalized spacial score (nSPS) is 15.7. The molecule has 2 aromatic heterocycles. The van der Waals surface area contributed by atoms with Crippen molar-refractivity contribution in [1.29, 1.82) is 0 Å². The molecule has 0 saturated carbocycles. The highest BCUT2D eigenvalue weighted by atomic mass is 32.2. The summed E-state index contributed by atoms with van der Waals surface area (Å²) in [7, 11) is 1.86. The average molecular weight is 366 g/mol. The lowest BCUT2D eigenvalue weighted by molar-refractivity contribution is -0.115. The van der Waals surface area contributed by atoms with Crippen LogP contribution in [0, 0.1) is 0 Å². The van der Waals surface area contributed by atoms with Crippen molar-refractivity contribution in [3.8, 4) is 0 Å². The minimum absolute atomic E-state index is 0.319. The zero-order chi connectivity index (χ0) is 18.1. The van der Waals surface area contributed by atoms with Gasteiger partial charge in [0.15, 0.2) is 0 Å². The van der Waals surface area contributed by atoms with Crippen molar-refractivity contribution < 1.29 is 9.59 Å². The maximum Gasteiger partial charge on any atom is 0.290 e. The predicted octanol–water partition coefficient (Wildman–Crippen LogP) is 2.31. The third-order valence-electron chi connectivity index (χ3n) is 3.75. The van der Waals surface area contributed by atoms with E-state index in [1.54, 1.807) is 18.3 Å². The smallest absolute Gasteiger partial charge is 0.290 e. The second-order valence-electron chi connectivity index (χ2n) is 5.69. The van der Waals surface area contributed by atoms with E-state index < -0.39 is 5.91 Å². The van der Waals surface area contributed by atoms with Crippen molar-refractivity contribution in [2.75, 3.05) is 11.9 Å². The summed E-state index contributed by atoms with van der Waals surface area (Å²) in [5.41, 5.74) is 2.44. The van der Waals surface area contributed by atoms with Gasteiger partial charge in [-0.05, 0) is 36.0 Å². The molecule has 0 aliphatic carbocycles. The molecule has 0 unspecified atom stereocenters. The van der Waals surface area contributed by atoms with Crippen LogP contribution in [0.1, 0.15) is 11.5 Å². The topological polar surface area (TPSA) is 104 Å². The fraction of sp³-hybridized carbons (Fsp3) is 0.118. The molecule has 4 rings (SSSR count). The molecule has 0 radical (unpaired) electrons. The SMILES string of the molecule is CN(Cc1nc2ccccc2[nH]1)c1nccc(C=C2SC(=O)NC2=O)n1. The lowest BCUT2D eigenvalue weighted by Crippen LogP contribution is -2.20. The van der Waals surface area contributed by atoms with Gasteiger partial charge >= 0.3 is 0 Å². The monoisotopic (exact) mass is 366 g/mol. The first-order chi connectivity index (χ1) is 12.6. The summed E-state index contributed by atoms with van der Waals surface area (Å²) in [6, 6.07) is 9.50. The van der Waals surface area contributed by atoms with E-state index in [4.69, 9.17) is 0 Å². The molecule has 8 nitrogen and oxygen atoms in total. The van der Waals surface area contributed by atoms with Gasteiger partial charge in [0.25, 0.3) is 11.1 Å². The van der Waals surface area contributed by atoms with E-state index in [-0.39, 0.29) is 5.24 Å². The van der Waals surface area contributed by atoms with Gasteiger partial charge in [0.05, 0.1) is 28.2 Å². The summed E-state index contributed by atoms with van der Waals surface area (Å²) in [5.74, 6) is 0.891. The van der Waals surface area contributed by atoms with Crippen LogP contribution in [0.15, 0.2) is 41.4 Å². The quantitative estimate of drug-likeness (QED) is 0.683. The second-order valence-corrected chi connectivity index (χ2v) is 6.71. The first kappa shape index (κ1) is 16.3. The molecule has 0 bridgehead atoms. The number of amides is 2. The van der Waals surface area contributed by atoms with Crippen LogP contribution in [0.25, 0.3) is 17.1 Å². The summed E-state index contributed by atoms with van der Waals surface area (Å²) < 4.78 is 0. The summed E-state index contributed by atoms with van der Waals surface area (Å²) in [6.07, 6.45) is 3.19. The number of carbonyl (C=O) groups excluding carboxylic acids is 2. The Morgan fingerprint density at radius 1 is 1.19 bits per heavy atom. The molecule has 1 aliphatic rings. The van der Waals surface area contributed by atoms with Crippen molar-refractivity contribution in [2.24, 2.45) is 0 Å². The third-order valence-corrected chi connectivity index (χ3v) is 4.56. The number of imide groups is 1. The Kier molecular flexibility index (Phi) is 4.13. The number of aromatic amines is 1. The van der Waals surface area contributed by atoms with E-state index in [2.05, 4.69) is 25.3 Å². The standard InChI is InChI=1S/C17H14N6O2S/c1-23(9-14-20-11-4-2-3-5-12(11)21-14)16-18-7-6-10(19-16)8-13-15(24)22-17(25)26-13/h2-8H,9H2,1H3,(H,20,21)(H,22,24,25). The number of nitrogens with one attached hydrogen (secondary N) is 2. The number of rotatable bonds is 4. The van der Waals surface area contributed by atoms with Crippen LogP contribution < -0.4 is 10.2 Å². The van der Waals surface area contributed by atoms with E-state index in [1.165, 1.54) is 0 Å². The maximum atomic E-state index is 11.6. The van der Waals surface area contributed by atoms with Gasteiger partial charge in [0.1, 0.15) is 5.82 Å². The number of hydrogen-bond acceptors (Lipinski definition) is 7. The van der Waals surface area contributed by atoms with Crippen LogP contribution >= 0.6 is 11.8 Å². The molecule has 0 atom stereocenters. The molecule has 0 spiro atoms. The van der Waals surface area contributed by atoms with E-state index in [9.17, 15) is 9.59 Å². The predicted molar refractivity (Wildman–Crippen MR) is 99.3 cm³/mol. The van der Waals surface area contributed by atoms with Crippen LogP contribution in [-0.4, -0.2) is 38.1 Å². The largest absolute Gasteiger partial charge is 0.340 e. The van der Waals surface area contributed by atoms with E-state index in [0.717, 1.165) is 28.6 Å². The van der Waals surface area contributed by atoms with Gasteiger partial charge < -0.3 is 9.88 Å². The zero-order valence-electron chi connectivity index (χ0n) is 13.8. The molecule has 1 aromatic carbocycles. The summed E-state index contributed by atoms with van der Waals surface area (Å²) in [5, 5.41) is 1.84. The lowest BCUT2D eigenvalue weighted by atomic mass is 10.3. The second kappa shape index (κ2) is 6.60. The highest BCUT2D eigenvalue weighted by Gasteiger charge is 2.25. The molecule has 2 N–H and O–H groups in total. The van der Waals surface area contributed by atoms with Gasteiger partial charge in [0, 0.05) is 13.2 Å². The van der Waals surface area contributed by atoms with Gasteiger partial charge in [-0.25, -0.2) is 15.0 Å². The Hall–Kier alpha value is -3.20. The first-order valence-corrected chi connectivity index (χ1v) is 8.63. The fourth-order valence-electron chi connectivity index (χ4n) is 2.56. The number of para-hydroxylation sites is 2. The Morgan fingerprint density at radius 3 is 2.81 bits per heavy atom. The van der Waals surface area contributed by atoms with Crippen LogP contribution in [0.5, 0.6) is 0 Å². The lowest BCUT2D eigenvalue weighted by Gasteiger charge is -2.15. The van der Waals surface area contributed by atoms with Crippen molar-refractivity contribution in [3.63, 3.8) is 0 Å². The molecule has 1 fully saturated rings. The van der Waals surface area contributed by atoms with Gasteiger partial charge in [-0.15, -0.1) is 0 Å². The number of aromatic nitrogens is 4. The van der Waals surface area contributed by atoms with Gasteiger partial charge in [-0.2, -0.15) is 0 Å². The number of thioether (sulfide) groups is 1. The Labute approximate surface area is 152 Å². The van der Waals surface area contributed by atoms with Crippen molar-refractivity contribution >= 4 is 46.0 Å².